The number of aryl methyl sites for hydroxylation is 1. The third-order valence-electron chi connectivity index (χ3n) is 8.63. The van der Waals surface area contributed by atoms with Gasteiger partial charge >= 0.3 is 6.09 Å². The lowest BCUT2D eigenvalue weighted by molar-refractivity contribution is -0.137. The first-order chi connectivity index (χ1) is 17.4. The molecule has 1 aliphatic heterocycles. The van der Waals surface area contributed by atoms with Crippen LogP contribution in [0.4, 0.5) is 9.18 Å². The van der Waals surface area contributed by atoms with E-state index in [4.69, 9.17) is 9.84 Å². The first kappa shape index (κ1) is 25.7. The van der Waals surface area contributed by atoms with Crippen LogP contribution in [0.25, 0.3) is 0 Å². The minimum atomic E-state index is -0.512. The van der Waals surface area contributed by atoms with Crippen molar-refractivity contribution in [2.24, 2.45) is 5.41 Å². The Bertz CT molecular complexity index is 1160. The third-order valence-corrected chi connectivity index (χ3v) is 8.63. The van der Waals surface area contributed by atoms with E-state index in [9.17, 15) is 14.0 Å². The molecule has 0 spiro atoms. The number of hydrogen-bond donors (Lipinski definition) is 1. The molecule has 1 N–H and O–H groups in total. The Balaban J connectivity index is 1.21. The number of halogens is 1. The van der Waals surface area contributed by atoms with Crippen LogP contribution in [0.2, 0.25) is 0 Å². The van der Waals surface area contributed by atoms with E-state index in [-0.39, 0.29) is 28.8 Å². The molecular formula is C29H39FN4O3. The maximum Gasteiger partial charge on any atom is 0.408 e. The van der Waals surface area contributed by atoms with Crippen LogP contribution in [-0.4, -0.2) is 44.4 Å². The summed E-state index contributed by atoms with van der Waals surface area (Å²) < 4.78 is 20.8. The Morgan fingerprint density at radius 1 is 1.08 bits per heavy atom. The maximum atomic E-state index is 13.6. The van der Waals surface area contributed by atoms with E-state index in [1.54, 1.807) is 12.1 Å². The number of nitrogens with zero attached hydrogens (tertiary/aromatic N) is 3. The summed E-state index contributed by atoms with van der Waals surface area (Å²) in [4.78, 5) is 28.0. The minimum Gasteiger partial charge on any atom is -0.444 e. The molecule has 4 aliphatic rings. The Morgan fingerprint density at radius 3 is 2.35 bits per heavy atom. The molecule has 0 saturated heterocycles. The van der Waals surface area contributed by atoms with Crippen LogP contribution in [0.1, 0.15) is 88.2 Å². The van der Waals surface area contributed by atoms with E-state index in [1.165, 1.54) is 17.7 Å². The van der Waals surface area contributed by atoms with Gasteiger partial charge in [-0.1, -0.05) is 12.1 Å². The van der Waals surface area contributed by atoms with Crippen molar-refractivity contribution in [2.75, 3.05) is 6.54 Å². The fourth-order valence-corrected chi connectivity index (χ4v) is 6.45. The molecule has 3 saturated carbocycles. The Morgan fingerprint density at radius 2 is 1.73 bits per heavy atom. The highest BCUT2D eigenvalue weighted by molar-refractivity contribution is 5.77. The summed E-state index contributed by atoms with van der Waals surface area (Å²) in [5, 5.41) is 7.92. The molecule has 2 bridgehead atoms. The number of hydrogen-bond acceptors (Lipinski definition) is 4. The van der Waals surface area contributed by atoms with Gasteiger partial charge in [0.05, 0.1) is 24.5 Å². The molecule has 2 aromatic rings. The van der Waals surface area contributed by atoms with Crippen molar-refractivity contribution in [1.82, 2.24) is 20.0 Å². The summed E-state index contributed by atoms with van der Waals surface area (Å²) in [6.07, 6.45) is 6.59. The van der Waals surface area contributed by atoms with E-state index in [0.29, 0.717) is 19.5 Å². The highest BCUT2D eigenvalue weighted by atomic mass is 19.1. The van der Waals surface area contributed by atoms with E-state index in [1.807, 2.05) is 37.3 Å². The number of benzene rings is 1. The van der Waals surface area contributed by atoms with E-state index in [2.05, 4.69) is 5.32 Å². The second-order valence-corrected chi connectivity index (χ2v) is 12.4. The van der Waals surface area contributed by atoms with Gasteiger partial charge in [0.15, 0.2) is 0 Å². The molecule has 3 aliphatic carbocycles. The zero-order valence-corrected chi connectivity index (χ0v) is 22.5. The largest absolute Gasteiger partial charge is 0.444 e. The molecule has 0 unspecified atom stereocenters. The van der Waals surface area contributed by atoms with Crippen molar-refractivity contribution in [2.45, 2.75) is 103 Å². The van der Waals surface area contributed by atoms with Gasteiger partial charge in [0.1, 0.15) is 11.4 Å². The number of ether oxygens (including phenoxy) is 1. The third kappa shape index (κ3) is 5.53. The van der Waals surface area contributed by atoms with Crippen molar-refractivity contribution in [3.05, 3.63) is 52.6 Å². The van der Waals surface area contributed by atoms with Gasteiger partial charge in [0.25, 0.3) is 0 Å². The Labute approximate surface area is 218 Å². The maximum absolute atomic E-state index is 13.6. The van der Waals surface area contributed by atoms with Gasteiger partial charge in [-0.15, -0.1) is 0 Å². The molecule has 2 heterocycles. The lowest BCUT2D eigenvalue weighted by Gasteiger charge is -2.53. The highest BCUT2D eigenvalue weighted by Crippen LogP contribution is 2.54. The number of amides is 2. The number of alkyl carbamates (subject to hydrolysis) is 1. The van der Waals surface area contributed by atoms with Gasteiger partial charge in [-0.05, 0) is 101 Å². The highest BCUT2D eigenvalue weighted by Gasteiger charge is 2.50. The van der Waals surface area contributed by atoms with Crippen LogP contribution in [-0.2, 0) is 29.0 Å². The average Bonchev–Trinajstić information content (AvgIpc) is 3.15. The lowest BCUT2D eigenvalue weighted by atomic mass is 9.56. The second kappa shape index (κ2) is 9.44. The fourth-order valence-electron chi connectivity index (χ4n) is 6.45. The van der Waals surface area contributed by atoms with Crippen LogP contribution in [0.5, 0.6) is 0 Å². The molecule has 7 nitrogen and oxygen atoms in total. The van der Waals surface area contributed by atoms with Gasteiger partial charge in [-0.2, -0.15) is 5.10 Å². The smallest absolute Gasteiger partial charge is 0.408 e. The normalized spacial score (nSPS) is 25.1. The predicted octanol–water partition coefficient (Wildman–Crippen LogP) is 5.27. The van der Waals surface area contributed by atoms with E-state index >= 15 is 0 Å². The summed E-state index contributed by atoms with van der Waals surface area (Å²) in [5.74, 6) is -0.0332. The molecule has 6 rings (SSSR count). The molecule has 37 heavy (non-hydrogen) atoms. The molecule has 8 heteroatoms. The first-order valence-electron chi connectivity index (χ1n) is 13.5. The summed E-state index contributed by atoms with van der Waals surface area (Å²) in [6, 6.07) is 6.51. The van der Waals surface area contributed by atoms with Gasteiger partial charge in [0, 0.05) is 18.5 Å². The van der Waals surface area contributed by atoms with Gasteiger partial charge < -0.3 is 15.0 Å². The van der Waals surface area contributed by atoms with Crippen LogP contribution in [0.15, 0.2) is 24.3 Å². The summed E-state index contributed by atoms with van der Waals surface area (Å²) in [6.45, 7) is 9.51. The quantitative estimate of drug-likeness (QED) is 0.595. The van der Waals surface area contributed by atoms with E-state index in [0.717, 1.165) is 68.4 Å². The SMILES string of the molecule is Cc1nn(Cc2ccc(F)cc2)c2c1CCN(C(=O)CC13CCC(NC(=O)OC(C)(C)C)(CC1)CC3)C2. The minimum absolute atomic E-state index is 0.0268. The van der Waals surface area contributed by atoms with Crippen LogP contribution in [0, 0.1) is 18.2 Å². The molecule has 0 radical (unpaired) electrons. The van der Waals surface area contributed by atoms with E-state index < -0.39 is 5.60 Å². The molecule has 1 aromatic heterocycles. The second-order valence-electron chi connectivity index (χ2n) is 12.4. The molecule has 3 fully saturated rings. The van der Waals surface area contributed by atoms with Crippen molar-refractivity contribution in [3.8, 4) is 0 Å². The average molecular weight is 511 g/mol. The summed E-state index contributed by atoms with van der Waals surface area (Å²) in [5.41, 5.74) is 3.64. The van der Waals surface area contributed by atoms with Crippen molar-refractivity contribution in [1.29, 1.82) is 0 Å². The zero-order chi connectivity index (χ0) is 26.4. The molecule has 1 aromatic carbocycles. The topological polar surface area (TPSA) is 76.5 Å². The Hall–Kier alpha value is -2.90. The van der Waals surface area contributed by atoms with Crippen molar-refractivity contribution < 1.29 is 18.7 Å². The standard InChI is InChI=1S/C29H39FN4O3/c1-20-23-9-16-33(19-24(23)34(32-20)18-21-5-7-22(30)8-6-21)25(35)17-28-10-13-29(14-11-28,15-12-28)31-26(36)37-27(2,3)4/h5-8H,9-19H2,1-4H3,(H,31,36). The number of nitrogens with one attached hydrogen (secondary N) is 1. The Kier molecular flexibility index (Phi) is 6.57. The molecule has 0 atom stereocenters. The predicted molar refractivity (Wildman–Crippen MR) is 138 cm³/mol. The number of fused-ring (bicyclic) bond motifs is 4. The van der Waals surface area contributed by atoms with Crippen LogP contribution >= 0.6 is 0 Å². The number of carbonyl (C=O) groups is 2. The summed E-state index contributed by atoms with van der Waals surface area (Å²) >= 11 is 0. The van der Waals surface area contributed by atoms with Crippen molar-refractivity contribution >= 4 is 12.0 Å². The molecule has 200 valence electrons. The van der Waals surface area contributed by atoms with Crippen LogP contribution < -0.4 is 5.32 Å². The van der Waals surface area contributed by atoms with Gasteiger partial charge in [0.2, 0.25) is 5.91 Å². The molecular weight excluding hydrogens is 471 g/mol. The summed E-state index contributed by atoms with van der Waals surface area (Å²) in [7, 11) is 0. The number of carbonyl (C=O) groups excluding carboxylic acids is 2. The van der Waals surface area contributed by atoms with Crippen LogP contribution in [0.3, 0.4) is 0 Å². The first-order valence-corrected chi connectivity index (χ1v) is 13.5. The zero-order valence-electron chi connectivity index (χ0n) is 22.5. The van der Waals surface area contributed by atoms with Gasteiger partial charge in [-0.3, -0.25) is 9.48 Å². The number of aromatic nitrogens is 2. The number of rotatable bonds is 5. The lowest BCUT2D eigenvalue weighted by Crippen LogP contribution is -2.58. The fraction of sp³-hybridized carbons (Fsp3) is 0.621. The monoisotopic (exact) mass is 510 g/mol. The molecule has 2 amide bonds. The van der Waals surface area contributed by atoms with Crippen molar-refractivity contribution in [3.63, 3.8) is 0 Å². The van der Waals surface area contributed by atoms with Gasteiger partial charge in [-0.25, -0.2) is 9.18 Å².